The standard InChI is InChI=1S/C32H39N7O/c1-25-11-10-12-27(21-25)40-20-19-39-24-26(28-13-4-5-14-29(28)39)23-33-36-30-22-31(37-15-6-2-7-16-37)35-32(34-30)38-17-8-3-9-18-38/h4-5,10-14,21-24H,2-3,6-9,15-20H2,1H3,(H,34,35,36)/b33-23-. The highest BCUT2D eigenvalue weighted by atomic mass is 16.5. The van der Waals surface area contributed by atoms with E-state index in [4.69, 9.17) is 14.7 Å². The van der Waals surface area contributed by atoms with E-state index in [0.717, 1.165) is 67.0 Å². The quantitative estimate of drug-likeness (QED) is 0.201. The Morgan fingerprint density at radius 2 is 1.65 bits per heavy atom. The molecule has 2 saturated heterocycles. The lowest BCUT2D eigenvalue weighted by Gasteiger charge is -2.31. The molecular weight excluding hydrogens is 498 g/mol. The molecule has 2 aromatic carbocycles. The number of ether oxygens (including phenoxy) is 1. The largest absolute Gasteiger partial charge is 0.492 e. The van der Waals surface area contributed by atoms with Crippen LogP contribution < -0.4 is 20.0 Å². The topological polar surface area (TPSA) is 70.8 Å². The lowest BCUT2D eigenvalue weighted by molar-refractivity contribution is 0.300. The van der Waals surface area contributed by atoms with Crippen LogP contribution in [0.1, 0.15) is 49.7 Å². The third kappa shape index (κ3) is 6.22. The second kappa shape index (κ2) is 12.4. The van der Waals surface area contributed by atoms with Crippen LogP contribution in [0.4, 0.5) is 17.6 Å². The summed E-state index contributed by atoms with van der Waals surface area (Å²) in [5.74, 6) is 3.45. The molecule has 2 aliphatic heterocycles. The van der Waals surface area contributed by atoms with Crippen molar-refractivity contribution in [1.82, 2.24) is 14.5 Å². The molecule has 4 heterocycles. The molecule has 2 aliphatic rings. The summed E-state index contributed by atoms with van der Waals surface area (Å²) in [6.07, 6.45) is 11.4. The van der Waals surface area contributed by atoms with Gasteiger partial charge in [-0.2, -0.15) is 15.1 Å². The Bertz CT molecular complexity index is 1410. The number of benzene rings is 2. The van der Waals surface area contributed by atoms with E-state index in [0.29, 0.717) is 6.61 Å². The van der Waals surface area contributed by atoms with Gasteiger partial charge in [0.25, 0.3) is 0 Å². The van der Waals surface area contributed by atoms with E-state index in [9.17, 15) is 0 Å². The van der Waals surface area contributed by atoms with Crippen LogP contribution in [0.2, 0.25) is 0 Å². The van der Waals surface area contributed by atoms with Gasteiger partial charge in [-0.25, -0.2) is 0 Å². The maximum absolute atomic E-state index is 6.02. The first-order valence-electron chi connectivity index (χ1n) is 14.7. The molecule has 208 valence electrons. The van der Waals surface area contributed by atoms with Gasteiger partial charge in [0.15, 0.2) is 5.82 Å². The summed E-state index contributed by atoms with van der Waals surface area (Å²) >= 11 is 0. The first-order chi connectivity index (χ1) is 19.7. The minimum atomic E-state index is 0.594. The van der Waals surface area contributed by atoms with Crippen molar-refractivity contribution in [3.05, 3.63) is 71.9 Å². The molecule has 0 saturated carbocycles. The third-order valence-electron chi connectivity index (χ3n) is 7.81. The van der Waals surface area contributed by atoms with E-state index in [2.05, 4.69) is 74.4 Å². The summed E-state index contributed by atoms with van der Waals surface area (Å²) < 4.78 is 8.26. The van der Waals surface area contributed by atoms with Gasteiger partial charge >= 0.3 is 0 Å². The average Bonchev–Trinajstić information content (AvgIpc) is 3.35. The Kier molecular flexibility index (Phi) is 8.12. The number of piperidine rings is 2. The van der Waals surface area contributed by atoms with E-state index < -0.39 is 0 Å². The molecule has 6 rings (SSSR count). The van der Waals surface area contributed by atoms with Crippen molar-refractivity contribution in [1.29, 1.82) is 0 Å². The summed E-state index contributed by atoms with van der Waals surface area (Å²) in [6.45, 7) is 7.55. The fraction of sp³-hybridized carbons (Fsp3) is 0.406. The van der Waals surface area contributed by atoms with E-state index >= 15 is 0 Å². The second-order valence-corrected chi connectivity index (χ2v) is 10.8. The highest BCUT2D eigenvalue weighted by molar-refractivity contribution is 5.99. The van der Waals surface area contributed by atoms with Crippen molar-refractivity contribution in [3.63, 3.8) is 0 Å². The molecule has 40 heavy (non-hydrogen) atoms. The minimum Gasteiger partial charge on any atom is -0.492 e. The van der Waals surface area contributed by atoms with Gasteiger partial charge in [0.2, 0.25) is 5.95 Å². The van der Waals surface area contributed by atoms with Crippen LogP contribution in [-0.4, -0.2) is 53.5 Å². The van der Waals surface area contributed by atoms with Crippen molar-refractivity contribution in [2.45, 2.75) is 52.0 Å². The van der Waals surface area contributed by atoms with Crippen LogP contribution in [0.15, 0.2) is 65.9 Å². The second-order valence-electron chi connectivity index (χ2n) is 10.8. The van der Waals surface area contributed by atoms with Crippen molar-refractivity contribution in [3.8, 4) is 5.75 Å². The SMILES string of the molecule is Cc1cccc(OCCn2cc(/C=N\Nc3cc(N4CCCCC4)nc(N4CCCCC4)n3)c3ccccc32)c1. The fourth-order valence-electron chi connectivity index (χ4n) is 5.70. The van der Waals surface area contributed by atoms with Gasteiger partial charge < -0.3 is 19.1 Å². The van der Waals surface area contributed by atoms with E-state index in [1.165, 1.54) is 49.6 Å². The first-order valence-corrected chi connectivity index (χ1v) is 14.7. The maximum atomic E-state index is 6.02. The average molecular weight is 538 g/mol. The zero-order valence-electron chi connectivity index (χ0n) is 23.4. The highest BCUT2D eigenvalue weighted by Gasteiger charge is 2.19. The molecule has 0 unspecified atom stereocenters. The number of rotatable bonds is 9. The van der Waals surface area contributed by atoms with Crippen LogP contribution in [0.3, 0.4) is 0 Å². The van der Waals surface area contributed by atoms with Gasteiger partial charge in [-0.05, 0) is 69.2 Å². The van der Waals surface area contributed by atoms with Gasteiger partial charge in [0.05, 0.1) is 12.8 Å². The number of hydrazone groups is 1. The first kappa shape index (κ1) is 26.2. The maximum Gasteiger partial charge on any atom is 0.229 e. The van der Waals surface area contributed by atoms with Crippen molar-refractivity contribution >= 4 is 34.7 Å². The van der Waals surface area contributed by atoms with E-state index in [1.807, 2.05) is 24.4 Å². The molecule has 0 aliphatic carbocycles. The molecule has 2 fully saturated rings. The van der Waals surface area contributed by atoms with Gasteiger partial charge in [0, 0.05) is 54.9 Å². The molecule has 2 aromatic heterocycles. The van der Waals surface area contributed by atoms with Gasteiger partial charge in [-0.15, -0.1) is 0 Å². The van der Waals surface area contributed by atoms with Crippen LogP contribution in [0.5, 0.6) is 5.75 Å². The number of anilines is 3. The highest BCUT2D eigenvalue weighted by Crippen LogP contribution is 2.26. The van der Waals surface area contributed by atoms with Gasteiger partial charge in [0.1, 0.15) is 18.2 Å². The van der Waals surface area contributed by atoms with Crippen molar-refractivity contribution < 1.29 is 4.74 Å². The molecule has 8 heteroatoms. The van der Waals surface area contributed by atoms with Crippen LogP contribution in [-0.2, 0) is 6.54 Å². The number of hydrogen-bond donors (Lipinski definition) is 1. The predicted octanol–water partition coefficient (Wildman–Crippen LogP) is 6.25. The lowest BCUT2D eigenvalue weighted by atomic mass is 10.1. The number of fused-ring (bicyclic) bond motifs is 1. The summed E-state index contributed by atoms with van der Waals surface area (Å²) in [7, 11) is 0. The number of nitrogens with one attached hydrogen (secondary N) is 1. The molecule has 0 bridgehead atoms. The summed E-state index contributed by atoms with van der Waals surface area (Å²) in [5, 5.41) is 5.80. The molecule has 0 spiro atoms. The smallest absolute Gasteiger partial charge is 0.229 e. The van der Waals surface area contributed by atoms with Crippen molar-refractivity contribution in [2.24, 2.45) is 5.10 Å². The predicted molar refractivity (Wildman–Crippen MR) is 164 cm³/mol. The number of nitrogens with zero attached hydrogens (tertiary/aromatic N) is 6. The summed E-state index contributed by atoms with van der Waals surface area (Å²) in [6, 6.07) is 18.7. The zero-order valence-corrected chi connectivity index (χ0v) is 23.4. The number of para-hydroxylation sites is 1. The molecule has 0 amide bonds. The Morgan fingerprint density at radius 1 is 0.875 bits per heavy atom. The van der Waals surface area contributed by atoms with Gasteiger partial charge in [-0.1, -0.05) is 30.3 Å². The molecule has 0 atom stereocenters. The zero-order chi connectivity index (χ0) is 27.1. The number of hydrogen-bond acceptors (Lipinski definition) is 7. The molecule has 1 N–H and O–H groups in total. The molecular formula is C32H39N7O. The molecule has 4 aromatic rings. The van der Waals surface area contributed by atoms with Crippen molar-refractivity contribution in [2.75, 3.05) is 48.0 Å². The van der Waals surface area contributed by atoms with Gasteiger partial charge in [-0.3, -0.25) is 5.43 Å². The van der Waals surface area contributed by atoms with Crippen LogP contribution >= 0.6 is 0 Å². The Morgan fingerprint density at radius 3 is 2.45 bits per heavy atom. The number of aryl methyl sites for hydroxylation is 1. The molecule has 8 nitrogen and oxygen atoms in total. The number of aromatic nitrogens is 3. The minimum absolute atomic E-state index is 0.594. The van der Waals surface area contributed by atoms with E-state index in [-0.39, 0.29) is 0 Å². The third-order valence-corrected chi connectivity index (χ3v) is 7.81. The fourth-order valence-corrected chi connectivity index (χ4v) is 5.70. The Balaban J connectivity index is 1.19. The Labute approximate surface area is 236 Å². The Hall–Kier alpha value is -4.07. The van der Waals surface area contributed by atoms with Crippen LogP contribution in [0.25, 0.3) is 10.9 Å². The lowest BCUT2D eigenvalue weighted by Crippen LogP contribution is -2.33. The van der Waals surface area contributed by atoms with E-state index in [1.54, 1.807) is 0 Å². The summed E-state index contributed by atoms with van der Waals surface area (Å²) in [4.78, 5) is 14.6. The monoisotopic (exact) mass is 537 g/mol. The summed E-state index contributed by atoms with van der Waals surface area (Å²) in [5.41, 5.74) is 6.65. The normalized spacial score (nSPS) is 16.1. The molecule has 0 radical (unpaired) electrons. The van der Waals surface area contributed by atoms with Crippen LogP contribution in [0, 0.1) is 6.92 Å².